The molecule has 1 heterocycles. The minimum atomic E-state index is -1.71. The van der Waals surface area contributed by atoms with Gasteiger partial charge in [0.05, 0.1) is 17.8 Å². The van der Waals surface area contributed by atoms with Crippen LogP contribution >= 0.6 is 0 Å². The lowest BCUT2D eigenvalue weighted by atomic mass is 10.2. The zero-order valence-electron chi connectivity index (χ0n) is 12.5. The monoisotopic (exact) mass is 337 g/mol. The maximum atomic E-state index is 13.4. The first-order chi connectivity index (χ1) is 11.5. The zero-order valence-corrected chi connectivity index (χ0v) is 12.5. The summed E-state index contributed by atoms with van der Waals surface area (Å²) in [6, 6.07) is 6.77. The lowest BCUT2D eigenvalue weighted by Crippen LogP contribution is -2.31. The van der Waals surface area contributed by atoms with Gasteiger partial charge in [0.1, 0.15) is 0 Å². The number of rotatable bonds is 6. The predicted octanol–water partition coefficient (Wildman–Crippen LogP) is 1.94. The Bertz CT molecular complexity index is 739. The van der Waals surface area contributed by atoms with Crippen LogP contribution in [0.4, 0.5) is 13.2 Å². The third-order valence-corrected chi connectivity index (χ3v) is 3.11. The normalized spacial score (nSPS) is 10.3. The quantitative estimate of drug-likeness (QED) is 0.792. The number of hydrogen-bond donors (Lipinski definition) is 2. The molecule has 0 aliphatic heterocycles. The van der Waals surface area contributed by atoms with Crippen LogP contribution in [0.2, 0.25) is 0 Å². The highest BCUT2D eigenvalue weighted by atomic mass is 19.2. The molecule has 2 rings (SSSR count). The fourth-order valence-electron chi connectivity index (χ4n) is 1.87. The van der Waals surface area contributed by atoms with Crippen LogP contribution in [-0.2, 0) is 11.3 Å². The fraction of sp³-hybridized carbons (Fsp3) is 0.188. The van der Waals surface area contributed by atoms with Crippen LogP contribution in [0.25, 0.3) is 0 Å². The van der Waals surface area contributed by atoms with E-state index in [9.17, 15) is 22.8 Å². The molecule has 126 valence electrons. The van der Waals surface area contributed by atoms with Crippen molar-refractivity contribution in [2.75, 3.05) is 6.54 Å². The fourth-order valence-corrected chi connectivity index (χ4v) is 1.87. The van der Waals surface area contributed by atoms with E-state index in [0.717, 1.165) is 6.07 Å². The van der Waals surface area contributed by atoms with Crippen LogP contribution < -0.4 is 10.6 Å². The van der Waals surface area contributed by atoms with Crippen LogP contribution in [0, 0.1) is 17.5 Å². The number of hydrogen-bond acceptors (Lipinski definition) is 3. The summed E-state index contributed by atoms with van der Waals surface area (Å²) in [7, 11) is 0. The second-order valence-electron chi connectivity index (χ2n) is 4.83. The Morgan fingerprint density at radius 2 is 1.79 bits per heavy atom. The van der Waals surface area contributed by atoms with Crippen LogP contribution in [0.5, 0.6) is 0 Å². The average molecular weight is 337 g/mol. The van der Waals surface area contributed by atoms with Crippen LogP contribution in [0.15, 0.2) is 36.5 Å². The molecule has 0 saturated heterocycles. The Kier molecular flexibility index (Phi) is 5.89. The number of amides is 2. The summed E-state index contributed by atoms with van der Waals surface area (Å²) in [6.07, 6.45) is 1.54. The maximum absolute atomic E-state index is 13.4. The Morgan fingerprint density at radius 3 is 2.50 bits per heavy atom. The SMILES string of the molecule is O=C(CCNC(=O)c1ccc(F)c(F)c1F)NCc1ccccn1. The van der Waals surface area contributed by atoms with Crippen molar-refractivity contribution in [1.82, 2.24) is 15.6 Å². The molecule has 2 amide bonds. The molecule has 1 aromatic carbocycles. The number of benzene rings is 1. The van der Waals surface area contributed by atoms with Gasteiger partial charge >= 0.3 is 0 Å². The van der Waals surface area contributed by atoms with Gasteiger partial charge in [0.2, 0.25) is 5.91 Å². The highest BCUT2D eigenvalue weighted by Gasteiger charge is 2.18. The van der Waals surface area contributed by atoms with E-state index in [1.807, 2.05) is 0 Å². The van der Waals surface area contributed by atoms with E-state index < -0.39 is 28.9 Å². The minimum Gasteiger partial charge on any atom is -0.351 e. The number of nitrogens with one attached hydrogen (secondary N) is 2. The Hall–Kier alpha value is -2.90. The van der Waals surface area contributed by atoms with Crippen molar-refractivity contribution in [3.63, 3.8) is 0 Å². The lowest BCUT2D eigenvalue weighted by Gasteiger charge is -2.07. The highest BCUT2D eigenvalue weighted by Crippen LogP contribution is 2.14. The average Bonchev–Trinajstić information content (AvgIpc) is 2.59. The molecule has 8 heteroatoms. The Morgan fingerprint density at radius 1 is 1.00 bits per heavy atom. The molecule has 0 fully saturated rings. The van der Waals surface area contributed by atoms with E-state index in [1.165, 1.54) is 0 Å². The van der Waals surface area contributed by atoms with Crippen molar-refractivity contribution in [2.45, 2.75) is 13.0 Å². The first-order valence-corrected chi connectivity index (χ1v) is 7.07. The number of nitrogens with zero attached hydrogens (tertiary/aromatic N) is 1. The first-order valence-electron chi connectivity index (χ1n) is 7.07. The molecular formula is C16H14F3N3O2. The number of aromatic nitrogens is 1. The van der Waals surface area contributed by atoms with E-state index in [2.05, 4.69) is 15.6 Å². The summed E-state index contributed by atoms with van der Waals surface area (Å²) in [5.74, 6) is -5.92. The molecule has 0 spiro atoms. The molecule has 0 atom stereocenters. The Labute approximate surface area is 135 Å². The number of halogens is 3. The van der Waals surface area contributed by atoms with E-state index in [-0.39, 0.29) is 25.4 Å². The molecule has 0 unspecified atom stereocenters. The van der Waals surface area contributed by atoms with Crippen molar-refractivity contribution >= 4 is 11.8 Å². The second-order valence-corrected chi connectivity index (χ2v) is 4.83. The number of carbonyl (C=O) groups is 2. The van der Waals surface area contributed by atoms with E-state index in [1.54, 1.807) is 24.4 Å². The van der Waals surface area contributed by atoms with Gasteiger partial charge in [-0.2, -0.15) is 0 Å². The molecule has 0 aliphatic rings. The van der Waals surface area contributed by atoms with Gasteiger partial charge < -0.3 is 10.6 Å². The van der Waals surface area contributed by atoms with Gasteiger partial charge in [-0.1, -0.05) is 6.07 Å². The molecule has 1 aromatic heterocycles. The van der Waals surface area contributed by atoms with Crippen LogP contribution in [0.1, 0.15) is 22.5 Å². The molecular weight excluding hydrogens is 323 g/mol. The topological polar surface area (TPSA) is 71.1 Å². The predicted molar refractivity (Wildman–Crippen MR) is 79.3 cm³/mol. The van der Waals surface area contributed by atoms with E-state index in [0.29, 0.717) is 11.8 Å². The molecule has 0 radical (unpaired) electrons. The smallest absolute Gasteiger partial charge is 0.254 e. The van der Waals surface area contributed by atoms with Gasteiger partial charge in [-0.05, 0) is 24.3 Å². The van der Waals surface area contributed by atoms with E-state index in [4.69, 9.17) is 0 Å². The standard InChI is InChI=1S/C16H14F3N3O2/c17-12-5-4-11(14(18)15(12)19)16(24)21-8-6-13(23)22-9-10-3-1-2-7-20-10/h1-5,7H,6,8-9H2,(H,21,24)(H,22,23). The molecule has 5 nitrogen and oxygen atoms in total. The van der Waals surface area contributed by atoms with Crippen LogP contribution in [-0.4, -0.2) is 23.3 Å². The number of pyridine rings is 1. The first kappa shape index (κ1) is 17.5. The highest BCUT2D eigenvalue weighted by molar-refractivity contribution is 5.94. The Balaban J connectivity index is 1.78. The van der Waals surface area contributed by atoms with Crippen molar-refractivity contribution in [3.05, 3.63) is 65.2 Å². The minimum absolute atomic E-state index is 0.0517. The molecule has 0 bridgehead atoms. The third kappa shape index (κ3) is 4.55. The molecule has 2 N–H and O–H groups in total. The van der Waals surface area contributed by atoms with Crippen molar-refractivity contribution < 1.29 is 22.8 Å². The van der Waals surface area contributed by atoms with Gasteiger partial charge in [0.25, 0.3) is 5.91 Å². The summed E-state index contributed by atoms with van der Waals surface area (Å²) in [5.41, 5.74) is 0.0570. The summed E-state index contributed by atoms with van der Waals surface area (Å²) in [5, 5.41) is 4.88. The van der Waals surface area contributed by atoms with Gasteiger partial charge in [-0.25, -0.2) is 13.2 Å². The van der Waals surface area contributed by atoms with E-state index >= 15 is 0 Å². The summed E-state index contributed by atoms with van der Waals surface area (Å²) < 4.78 is 39.3. The van der Waals surface area contributed by atoms with Gasteiger partial charge in [0, 0.05) is 19.2 Å². The van der Waals surface area contributed by atoms with Gasteiger partial charge in [0.15, 0.2) is 17.5 Å². The van der Waals surface area contributed by atoms with Crippen molar-refractivity contribution in [2.24, 2.45) is 0 Å². The van der Waals surface area contributed by atoms with Crippen molar-refractivity contribution in [1.29, 1.82) is 0 Å². The number of carbonyl (C=O) groups excluding carboxylic acids is 2. The molecule has 2 aromatic rings. The molecule has 0 aliphatic carbocycles. The van der Waals surface area contributed by atoms with Gasteiger partial charge in [-0.3, -0.25) is 14.6 Å². The molecule has 24 heavy (non-hydrogen) atoms. The van der Waals surface area contributed by atoms with Crippen molar-refractivity contribution in [3.8, 4) is 0 Å². The lowest BCUT2D eigenvalue weighted by molar-refractivity contribution is -0.121. The summed E-state index contributed by atoms with van der Waals surface area (Å²) in [6.45, 7) is 0.163. The molecule has 0 saturated carbocycles. The largest absolute Gasteiger partial charge is 0.351 e. The third-order valence-electron chi connectivity index (χ3n) is 3.11. The summed E-state index contributed by atoms with van der Waals surface area (Å²) >= 11 is 0. The van der Waals surface area contributed by atoms with Gasteiger partial charge in [-0.15, -0.1) is 0 Å². The van der Waals surface area contributed by atoms with Crippen LogP contribution in [0.3, 0.4) is 0 Å². The second kappa shape index (κ2) is 8.09. The maximum Gasteiger partial charge on any atom is 0.254 e. The summed E-state index contributed by atoms with van der Waals surface area (Å²) in [4.78, 5) is 27.4. The zero-order chi connectivity index (χ0) is 17.5.